The molecule has 154 valence electrons. The Morgan fingerprint density at radius 1 is 1.30 bits per heavy atom. The summed E-state index contributed by atoms with van der Waals surface area (Å²) in [6.45, 7) is 23.8. The number of carbonyl (C=O) groups is 1. The number of allylic oxidation sites excluding steroid dienone is 1. The average molecular weight is 379 g/mol. The largest absolute Gasteiger partial charge is 0.379 e. The van der Waals surface area contributed by atoms with E-state index in [1.165, 1.54) is 0 Å². The number of hydrogen-bond donors (Lipinski definition) is 0. The van der Waals surface area contributed by atoms with Crippen LogP contribution in [0, 0.1) is 5.92 Å². The third-order valence-electron chi connectivity index (χ3n) is 6.51. The van der Waals surface area contributed by atoms with Crippen LogP contribution in [0.5, 0.6) is 0 Å². The predicted octanol–water partition coefficient (Wildman–Crippen LogP) is 3.63. The van der Waals surface area contributed by atoms with Crippen LogP contribution in [0.3, 0.4) is 0 Å². The highest BCUT2D eigenvalue weighted by molar-refractivity contribution is 5.93. The van der Waals surface area contributed by atoms with E-state index in [-0.39, 0.29) is 17.2 Å². The van der Waals surface area contributed by atoms with E-state index in [1.54, 1.807) is 20.2 Å². The van der Waals surface area contributed by atoms with Gasteiger partial charge in [-0.1, -0.05) is 19.6 Å². The third-order valence-corrected chi connectivity index (χ3v) is 6.51. The van der Waals surface area contributed by atoms with Crippen molar-refractivity contribution in [2.24, 2.45) is 5.92 Å². The number of ether oxygens (including phenoxy) is 2. The second-order valence-electron chi connectivity index (χ2n) is 7.56. The summed E-state index contributed by atoms with van der Waals surface area (Å²) in [6, 6.07) is 0. The number of methoxy groups -OCH3 is 1. The SMILES string of the molecule is C=CN(CC)/C(C(C)=O)=C(/C)C(C)(OC)[C@H](C)C(C)(C=C)N1CCOCC1. The highest BCUT2D eigenvalue weighted by atomic mass is 16.5. The number of morpholine rings is 1. The lowest BCUT2D eigenvalue weighted by Gasteiger charge is -2.51. The molecule has 0 bridgehead atoms. The molecule has 1 aliphatic heterocycles. The molecule has 0 saturated carbocycles. The average Bonchev–Trinajstić information content (AvgIpc) is 2.69. The van der Waals surface area contributed by atoms with E-state index >= 15 is 0 Å². The van der Waals surface area contributed by atoms with Crippen LogP contribution >= 0.6 is 0 Å². The van der Waals surface area contributed by atoms with Gasteiger partial charge in [-0.15, -0.1) is 6.58 Å². The highest BCUT2D eigenvalue weighted by Crippen LogP contribution is 2.41. The monoisotopic (exact) mass is 378 g/mol. The van der Waals surface area contributed by atoms with Crippen molar-refractivity contribution in [3.63, 3.8) is 0 Å². The zero-order valence-corrected chi connectivity index (χ0v) is 18.3. The number of hydrogen-bond acceptors (Lipinski definition) is 5. The molecule has 1 rings (SSSR count). The van der Waals surface area contributed by atoms with E-state index in [2.05, 4.69) is 38.8 Å². The van der Waals surface area contributed by atoms with Gasteiger partial charge in [0.15, 0.2) is 5.78 Å². The molecule has 0 aromatic rings. The van der Waals surface area contributed by atoms with Gasteiger partial charge in [0.05, 0.1) is 24.5 Å². The van der Waals surface area contributed by atoms with Gasteiger partial charge in [-0.2, -0.15) is 0 Å². The van der Waals surface area contributed by atoms with E-state index in [4.69, 9.17) is 9.47 Å². The second-order valence-corrected chi connectivity index (χ2v) is 7.56. The third kappa shape index (κ3) is 4.53. The number of ketones is 1. The van der Waals surface area contributed by atoms with E-state index < -0.39 is 5.60 Å². The highest BCUT2D eigenvalue weighted by Gasteiger charge is 2.47. The minimum Gasteiger partial charge on any atom is -0.379 e. The molecule has 0 aliphatic carbocycles. The number of nitrogens with zero attached hydrogens (tertiary/aromatic N) is 2. The van der Waals surface area contributed by atoms with Crippen LogP contribution in [0.25, 0.3) is 0 Å². The van der Waals surface area contributed by atoms with Crippen LogP contribution in [0.4, 0.5) is 0 Å². The Morgan fingerprint density at radius 3 is 2.22 bits per heavy atom. The minimum atomic E-state index is -0.654. The first-order valence-corrected chi connectivity index (χ1v) is 9.76. The molecule has 1 aliphatic rings. The molecule has 0 aromatic heterocycles. The molecule has 5 heteroatoms. The fourth-order valence-corrected chi connectivity index (χ4v) is 4.13. The van der Waals surface area contributed by atoms with Crippen LogP contribution in [0.1, 0.15) is 41.5 Å². The van der Waals surface area contributed by atoms with Crippen LogP contribution in [0.2, 0.25) is 0 Å². The second kappa shape index (κ2) is 9.67. The summed E-state index contributed by atoms with van der Waals surface area (Å²) >= 11 is 0. The Hall–Kier alpha value is -1.43. The first kappa shape index (κ1) is 23.6. The van der Waals surface area contributed by atoms with Crippen molar-refractivity contribution in [3.8, 4) is 0 Å². The quantitative estimate of drug-likeness (QED) is 0.429. The summed E-state index contributed by atoms with van der Waals surface area (Å²) in [4.78, 5) is 16.8. The zero-order chi connectivity index (χ0) is 20.8. The van der Waals surface area contributed by atoms with Crippen LogP contribution < -0.4 is 0 Å². The molecular formula is C22H38N2O3. The van der Waals surface area contributed by atoms with E-state index in [9.17, 15) is 4.79 Å². The maximum atomic E-state index is 12.5. The van der Waals surface area contributed by atoms with Gasteiger partial charge < -0.3 is 14.4 Å². The lowest BCUT2D eigenvalue weighted by Crippen LogP contribution is -2.60. The van der Waals surface area contributed by atoms with Gasteiger partial charge in [0.25, 0.3) is 0 Å². The Labute approximate surface area is 165 Å². The van der Waals surface area contributed by atoms with Crippen molar-refractivity contribution in [2.75, 3.05) is 40.0 Å². The first-order chi connectivity index (χ1) is 12.6. The van der Waals surface area contributed by atoms with Crippen LogP contribution in [-0.4, -0.2) is 66.7 Å². The molecule has 1 heterocycles. The van der Waals surface area contributed by atoms with Gasteiger partial charge >= 0.3 is 0 Å². The van der Waals surface area contributed by atoms with Crippen molar-refractivity contribution < 1.29 is 14.3 Å². The molecule has 0 spiro atoms. The minimum absolute atomic E-state index is 0.0106. The van der Waals surface area contributed by atoms with Gasteiger partial charge in [-0.25, -0.2) is 0 Å². The van der Waals surface area contributed by atoms with Gasteiger partial charge in [0.2, 0.25) is 0 Å². The van der Waals surface area contributed by atoms with Gasteiger partial charge in [-0.05, 0) is 39.5 Å². The standard InChI is InChI=1S/C22H38N2O3/c1-10-21(7,24-13-15-27-16-14-24)19(6)22(8,26-9)17(4)20(18(5)25)23(11-2)12-3/h10-11,19H,1-2,12-16H2,3-9H3/b20-17-/t19-,21?,22?/m1/s1. The molecule has 2 unspecified atom stereocenters. The van der Waals surface area contributed by atoms with Crippen molar-refractivity contribution in [1.82, 2.24) is 9.80 Å². The van der Waals surface area contributed by atoms with E-state index in [1.807, 2.05) is 24.8 Å². The predicted molar refractivity (Wildman–Crippen MR) is 112 cm³/mol. The van der Waals surface area contributed by atoms with Crippen molar-refractivity contribution in [2.45, 2.75) is 52.7 Å². The fraction of sp³-hybridized carbons (Fsp3) is 0.682. The molecule has 1 fully saturated rings. The molecular weight excluding hydrogens is 340 g/mol. The van der Waals surface area contributed by atoms with E-state index in [0.717, 1.165) is 18.7 Å². The van der Waals surface area contributed by atoms with Gasteiger partial charge in [0.1, 0.15) is 0 Å². The number of rotatable bonds is 10. The number of likely N-dealkylation sites (N-methyl/N-ethyl adjacent to an activating group) is 1. The van der Waals surface area contributed by atoms with Crippen molar-refractivity contribution in [1.29, 1.82) is 0 Å². The smallest absolute Gasteiger partial charge is 0.176 e. The van der Waals surface area contributed by atoms with Gasteiger partial charge in [-0.3, -0.25) is 9.69 Å². The maximum absolute atomic E-state index is 12.5. The lowest BCUT2D eigenvalue weighted by molar-refractivity contribution is -0.115. The summed E-state index contributed by atoms with van der Waals surface area (Å²) in [5, 5.41) is 0. The summed E-state index contributed by atoms with van der Waals surface area (Å²) in [6.07, 6.45) is 3.71. The molecule has 0 radical (unpaired) electrons. The normalized spacial score (nSPS) is 22.0. The summed E-state index contributed by atoms with van der Waals surface area (Å²) < 4.78 is 11.6. The number of carbonyl (C=O) groups excluding carboxylic acids is 1. The number of Topliss-reactive ketones (excluding diaryl/α,β-unsaturated/α-hetero) is 1. The molecule has 0 aromatic carbocycles. The lowest BCUT2D eigenvalue weighted by atomic mass is 9.70. The Balaban J connectivity index is 3.49. The van der Waals surface area contributed by atoms with Crippen molar-refractivity contribution >= 4 is 5.78 Å². The Kier molecular flexibility index (Phi) is 8.46. The topological polar surface area (TPSA) is 42.0 Å². The Morgan fingerprint density at radius 2 is 1.85 bits per heavy atom. The van der Waals surface area contributed by atoms with Crippen LogP contribution in [0.15, 0.2) is 36.7 Å². The maximum Gasteiger partial charge on any atom is 0.176 e. The summed E-state index contributed by atoms with van der Waals surface area (Å²) in [5.74, 6) is 0.0554. The molecule has 3 atom stereocenters. The zero-order valence-electron chi connectivity index (χ0n) is 18.3. The molecule has 27 heavy (non-hydrogen) atoms. The van der Waals surface area contributed by atoms with Crippen LogP contribution in [-0.2, 0) is 14.3 Å². The molecule has 1 saturated heterocycles. The first-order valence-electron chi connectivity index (χ1n) is 9.76. The van der Waals surface area contributed by atoms with E-state index in [0.29, 0.717) is 25.5 Å². The fourth-order valence-electron chi connectivity index (χ4n) is 4.13. The van der Waals surface area contributed by atoms with Gasteiger partial charge in [0, 0.05) is 45.1 Å². The summed E-state index contributed by atoms with van der Waals surface area (Å²) in [7, 11) is 1.71. The Bertz CT molecular complexity index is 580. The molecule has 0 amide bonds. The molecule has 5 nitrogen and oxygen atoms in total. The molecule has 0 N–H and O–H groups in total. The summed E-state index contributed by atoms with van der Waals surface area (Å²) in [5.41, 5.74) is 0.604. The van der Waals surface area contributed by atoms with Crippen molar-refractivity contribution in [3.05, 3.63) is 36.7 Å².